The summed E-state index contributed by atoms with van der Waals surface area (Å²) in [5.41, 5.74) is 6.88. The Hall–Kier alpha value is -0.740. The van der Waals surface area contributed by atoms with Gasteiger partial charge in [-0.05, 0) is 71.3 Å². The fourth-order valence-corrected chi connectivity index (χ4v) is 2.71. The van der Waals surface area contributed by atoms with Crippen LogP contribution in [0.25, 0.3) is 0 Å². The van der Waals surface area contributed by atoms with Gasteiger partial charge in [0.15, 0.2) is 11.5 Å². The van der Waals surface area contributed by atoms with Crippen molar-refractivity contribution in [1.29, 1.82) is 0 Å². The molecule has 1 aliphatic rings. The zero-order valence-electron chi connectivity index (χ0n) is 11.6. The zero-order chi connectivity index (χ0) is 13.8. The Balaban J connectivity index is 2.20. The molecule has 4 heteroatoms. The number of ether oxygens (including phenoxy) is 2. The van der Waals surface area contributed by atoms with Gasteiger partial charge in [0.25, 0.3) is 0 Å². The second kappa shape index (κ2) is 6.62. The standard InChI is InChI=1S/C15H22BrNO2/c1-10(5-6-17)12-7-13(16)15(18-2)14(8-12)19-9-11-3-4-11/h7-8,10-11H,3-6,9,17H2,1-2H3. The van der Waals surface area contributed by atoms with E-state index in [1.165, 1.54) is 18.4 Å². The van der Waals surface area contributed by atoms with Crippen LogP contribution in [0.5, 0.6) is 11.5 Å². The second-order valence-electron chi connectivity index (χ2n) is 5.27. The van der Waals surface area contributed by atoms with E-state index < -0.39 is 0 Å². The van der Waals surface area contributed by atoms with E-state index in [0.29, 0.717) is 12.5 Å². The van der Waals surface area contributed by atoms with Gasteiger partial charge in [0.05, 0.1) is 18.2 Å². The van der Waals surface area contributed by atoms with Crippen molar-refractivity contribution in [3.63, 3.8) is 0 Å². The van der Waals surface area contributed by atoms with Crippen LogP contribution in [0.15, 0.2) is 16.6 Å². The summed E-state index contributed by atoms with van der Waals surface area (Å²) in [6.07, 6.45) is 3.54. The van der Waals surface area contributed by atoms with E-state index in [2.05, 4.69) is 35.0 Å². The van der Waals surface area contributed by atoms with Crippen molar-refractivity contribution in [2.45, 2.75) is 32.1 Å². The van der Waals surface area contributed by atoms with Crippen LogP contribution in [-0.4, -0.2) is 20.3 Å². The van der Waals surface area contributed by atoms with Crippen molar-refractivity contribution in [2.24, 2.45) is 11.7 Å². The highest BCUT2D eigenvalue weighted by Crippen LogP contribution is 2.40. The first-order valence-electron chi connectivity index (χ1n) is 6.86. The molecule has 0 heterocycles. The fourth-order valence-electron chi connectivity index (χ4n) is 2.09. The number of methoxy groups -OCH3 is 1. The quantitative estimate of drug-likeness (QED) is 0.830. The lowest BCUT2D eigenvalue weighted by atomic mass is 9.97. The topological polar surface area (TPSA) is 44.5 Å². The van der Waals surface area contributed by atoms with Crippen LogP contribution in [0.1, 0.15) is 37.7 Å². The van der Waals surface area contributed by atoms with Crippen LogP contribution in [0, 0.1) is 5.92 Å². The monoisotopic (exact) mass is 327 g/mol. The molecule has 3 nitrogen and oxygen atoms in total. The number of rotatable bonds is 7. The Labute approximate surface area is 123 Å². The third-order valence-corrected chi connectivity index (χ3v) is 4.17. The summed E-state index contributed by atoms with van der Waals surface area (Å²) in [6.45, 7) is 3.67. The fraction of sp³-hybridized carbons (Fsp3) is 0.600. The lowest BCUT2D eigenvalue weighted by Gasteiger charge is -2.17. The molecular formula is C15H22BrNO2. The molecule has 0 aliphatic heterocycles. The minimum atomic E-state index is 0.426. The summed E-state index contributed by atoms with van der Waals surface area (Å²) in [5, 5.41) is 0. The molecule has 1 aromatic carbocycles. The lowest BCUT2D eigenvalue weighted by Crippen LogP contribution is -2.06. The summed E-state index contributed by atoms with van der Waals surface area (Å²) in [5.74, 6) is 2.77. The summed E-state index contributed by atoms with van der Waals surface area (Å²) in [4.78, 5) is 0. The molecule has 0 aromatic heterocycles. The minimum absolute atomic E-state index is 0.426. The maximum absolute atomic E-state index is 5.92. The molecule has 1 saturated carbocycles. The molecule has 106 valence electrons. The highest BCUT2D eigenvalue weighted by atomic mass is 79.9. The van der Waals surface area contributed by atoms with Gasteiger partial charge in [0.2, 0.25) is 0 Å². The Morgan fingerprint density at radius 1 is 1.42 bits per heavy atom. The number of halogens is 1. The molecule has 0 radical (unpaired) electrons. The van der Waals surface area contributed by atoms with Gasteiger partial charge in [-0.15, -0.1) is 0 Å². The van der Waals surface area contributed by atoms with Crippen molar-refractivity contribution in [3.05, 3.63) is 22.2 Å². The van der Waals surface area contributed by atoms with Crippen LogP contribution in [0.3, 0.4) is 0 Å². The third kappa shape index (κ3) is 3.86. The van der Waals surface area contributed by atoms with Gasteiger partial charge in [-0.3, -0.25) is 0 Å². The van der Waals surface area contributed by atoms with Crippen LogP contribution in [0.2, 0.25) is 0 Å². The van der Waals surface area contributed by atoms with Gasteiger partial charge in [-0.25, -0.2) is 0 Å². The molecule has 0 spiro atoms. The minimum Gasteiger partial charge on any atom is -0.492 e. The van der Waals surface area contributed by atoms with E-state index in [1.54, 1.807) is 7.11 Å². The third-order valence-electron chi connectivity index (χ3n) is 3.58. The van der Waals surface area contributed by atoms with Crippen molar-refractivity contribution >= 4 is 15.9 Å². The Morgan fingerprint density at radius 2 is 2.16 bits per heavy atom. The van der Waals surface area contributed by atoms with E-state index >= 15 is 0 Å². The van der Waals surface area contributed by atoms with Crippen molar-refractivity contribution in [2.75, 3.05) is 20.3 Å². The van der Waals surface area contributed by atoms with E-state index in [4.69, 9.17) is 15.2 Å². The highest BCUT2D eigenvalue weighted by molar-refractivity contribution is 9.10. The van der Waals surface area contributed by atoms with Crippen molar-refractivity contribution in [3.8, 4) is 11.5 Å². The number of hydrogen-bond donors (Lipinski definition) is 1. The number of nitrogens with two attached hydrogens (primary N) is 1. The molecule has 1 unspecified atom stereocenters. The van der Waals surface area contributed by atoms with E-state index in [-0.39, 0.29) is 0 Å². The van der Waals surface area contributed by atoms with Gasteiger partial charge in [0.1, 0.15) is 0 Å². The predicted octanol–water partition coefficient (Wildman–Crippen LogP) is 3.70. The summed E-state index contributed by atoms with van der Waals surface area (Å²) in [6, 6.07) is 4.19. The maximum atomic E-state index is 5.92. The molecule has 1 aromatic rings. The van der Waals surface area contributed by atoms with Gasteiger partial charge in [0, 0.05) is 0 Å². The lowest BCUT2D eigenvalue weighted by molar-refractivity contribution is 0.279. The maximum Gasteiger partial charge on any atom is 0.174 e. The average Bonchev–Trinajstić information content (AvgIpc) is 3.20. The molecular weight excluding hydrogens is 306 g/mol. The SMILES string of the molecule is COc1c(Br)cc(C(C)CCN)cc1OCC1CC1. The molecule has 1 fully saturated rings. The normalized spacial score (nSPS) is 16.2. The molecule has 0 saturated heterocycles. The first-order chi connectivity index (χ1) is 9.15. The molecule has 2 rings (SSSR count). The highest BCUT2D eigenvalue weighted by Gasteiger charge is 2.23. The second-order valence-corrected chi connectivity index (χ2v) is 6.12. The van der Waals surface area contributed by atoms with Crippen LogP contribution >= 0.6 is 15.9 Å². The smallest absolute Gasteiger partial charge is 0.174 e. The Bertz CT molecular complexity index is 432. The Kier molecular flexibility index (Phi) is 5.11. The molecule has 2 N–H and O–H groups in total. The molecule has 1 atom stereocenters. The average molecular weight is 328 g/mol. The number of hydrogen-bond acceptors (Lipinski definition) is 3. The summed E-state index contributed by atoms with van der Waals surface area (Å²) in [7, 11) is 1.67. The predicted molar refractivity (Wildman–Crippen MR) is 81.0 cm³/mol. The van der Waals surface area contributed by atoms with Crippen LogP contribution in [0.4, 0.5) is 0 Å². The molecule has 19 heavy (non-hydrogen) atoms. The van der Waals surface area contributed by atoms with Crippen LogP contribution in [-0.2, 0) is 0 Å². The van der Waals surface area contributed by atoms with E-state index in [0.717, 1.165) is 34.9 Å². The first-order valence-corrected chi connectivity index (χ1v) is 7.65. The Morgan fingerprint density at radius 3 is 2.74 bits per heavy atom. The van der Waals surface area contributed by atoms with Gasteiger partial charge >= 0.3 is 0 Å². The molecule has 0 amide bonds. The van der Waals surface area contributed by atoms with Crippen LogP contribution < -0.4 is 15.2 Å². The molecule has 0 bridgehead atoms. The number of benzene rings is 1. The van der Waals surface area contributed by atoms with Gasteiger partial charge in [-0.1, -0.05) is 6.92 Å². The van der Waals surface area contributed by atoms with E-state index in [1.807, 2.05) is 0 Å². The largest absolute Gasteiger partial charge is 0.492 e. The summed E-state index contributed by atoms with van der Waals surface area (Å²) >= 11 is 3.56. The van der Waals surface area contributed by atoms with Gasteiger partial charge in [-0.2, -0.15) is 0 Å². The zero-order valence-corrected chi connectivity index (χ0v) is 13.2. The first kappa shape index (κ1) is 14.7. The van der Waals surface area contributed by atoms with E-state index in [9.17, 15) is 0 Å². The molecule has 1 aliphatic carbocycles. The van der Waals surface area contributed by atoms with Gasteiger partial charge < -0.3 is 15.2 Å². The summed E-state index contributed by atoms with van der Waals surface area (Å²) < 4.78 is 12.3. The van der Waals surface area contributed by atoms with Crippen molar-refractivity contribution < 1.29 is 9.47 Å². The van der Waals surface area contributed by atoms with Crippen molar-refractivity contribution in [1.82, 2.24) is 0 Å².